The van der Waals surface area contributed by atoms with Crippen LogP contribution in [0, 0.1) is 5.82 Å². The van der Waals surface area contributed by atoms with Crippen molar-refractivity contribution in [2.45, 2.75) is 32.4 Å². The maximum Gasteiger partial charge on any atom is 0.251 e. The van der Waals surface area contributed by atoms with Crippen molar-refractivity contribution in [3.63, 3.8) is 0 Å². The summed E-state index contributed by atoms with van der Waals surface area (Å²) in [5.41, 5.74) is 2.21. The first-order valence-corrected chi connectivity index (χ1v) is 8.86. The molecule has 140 valence electrons. The minimum atomic E-state index is -0.746. The Morgan fingerprint density at radius 3 is 2.44 bits per heavy atom. The average molecular weight is 367 g/mol. The molecular formula is C21H22FN3O2. The van der Waals surface area contributed by atoms with Gasteiger partial charge in [0.15, 0.2) is 0 Å². The van der Waals surface area contributed by atoms with Crippen LogP contribution in [-0.2, 0) is 11.2 Å². The molecule has 0 bridgehead atoms. The molecule has 3 rings (SSSR count). The molecule has 0 fully saturated rings. The van der Waals surface area contributed by atoms with E-state index in [1.54, 1.807) is 0 Å². The topological polar surface area (TPSA) is 74.0 Å². The summed E-state index contributed by atoms with van der Waals surface area (Å²) in [6.45, 7) is 3.73. The van der Waals surface area contributed by atoms with E-state index in [1.165, 1.54) is 24.3 Å². The van der Waals surface area contributed by atoms with E-state index in [9.17, 15) is 14.0 Å². The zero-order chi connectivity index (χ0) is 19.4. The third-order valence-corrected chi connectivity index (χ3v) is 4.26. The molecular weight excluding hydrogens is 345 g/mol. The van der Waals surface area contributed by atoms with Crippen molar-refractivity contribution in [3.8, 4) is 0 Å². The molecule has 0 aliphatic carbocycles. The predicted molar refractivity (Wildman–Crippen MR) is 103 cm³/mol. The molecule has 1 atom stereocenters. The Balaban J connectivity index is 1.83. The zero-order valence-electron chi connectivity index (χ0n) is 15.3. The van der Waals surface area contributed by atoms with Crippen molar-refractivity contribution in [2.75, 3.05) is 0 Å². The molecule has 1 heterocycles. The molecule has 0 saturated heterocycles. The number of nitrogens with one attached hydrogen (secondary N) is 3. The van der Waals surface area contributed by atoms with Gasteiger partial charge in [0, 0.05) is 35.1 Å². The lowest BCUT2D eigenvalue weighted by atomic mass is 10.0. The van der Waals surface area contributed by atoms with E-state index in [4.69, 9.17) is 0 Å². The molecule has 2 amide bonds. The summed E-state index contributed by atoms with van der Waals surface area (Å²) >= 11 is 0. The van der Waals surface area contributed by atoms with Crippen LogP contribution < -0.4 is 10.6 Å². The zero-order valence-corrected chi connectivity index (χ0v) is 15.3. The largest absolute Gasteiger partial charge is 0.361 e. The monoisotopic (exact) mass is 367 g/mol. The number of aromatic amines is 1. The number of fused-ring (bicyclic) bond motifs is 1. The summed E-state index contributed by atoms with van der Waals surface area (Å²) in [5.74, 6) is -1.09. The fraction of sp³-hybridized carbons (Fsp3) is 0.238. The van der Waals surface area contributed by atoms with Crippen LogP contribution in [0.1, 0.15) is 29.8 Å². The maximum atomic E-state index is 13.1. The molecule has 2 aromatic carbocycles. The molecule has 27 heavy (non-hydrogen) atoms. The number of hydrogen-bond acceptors (Lipinski definition) is 2. The fourth-order valence-electron chi connectivity index (χ4n) is 2.96. The number of hydrogen-bond donors (Lipinski definition) is 3. The third-order valence-electron chi connectivity index (χ3n) is 4.26. The van der Waals surface area contributed by atoms with Crippen molar-refractivity contribution in [3.05, 3.63) is 71.7 Å². The first-order chi connectivity index (χ1) is 12.9. The number of rotatable bonds is 6. The standard InChI is InChI=1S/C21H22FN3O2/c1-13(2)24-21(27)19(25-20(26)14-7-9-16(22)10-8-14)11-15-12-23-18-6-4-3-5-17(15)18/h3-10,12-13,19,23H,11H2,1-2H3,(H,24,27)(H,25,26)/t19-/m1/s1. The van der Waals surface area contributed by atoms with E-state index < -0.39 is 17.8 Å². The Hall–Kier alpha value is -3.15. The normalized spacial score (nSPS) is 12.1. The number of benzene rings is 2. The molecule has 0 aliphatic heterocycles. The van der Waals surface area contributed by atoms with Gasteiger partial charge in [-0.25, -0.2) is 4.39 Å². The second kappa shape index (κ2) is 8.03. The molecule has 5 nitrogen and oxygen atoms in total. The quantitative estimate of drug-likeness (QED) is 0.626. The Kier molecular flexibility index (Phi) is 5.54. The molecule has 0 spiro atoms. The van der Waals surface area contributed by atoms with Crippen molar-refractivity contribution in [1.82, 2.24) is 15.6 Å². The molecule has 3 N–H and O–H groups in total. The van der Waals surface area contributed by atoms with E-state index in [2.05, 4.69) is 15.6 Å². The molecule has 1 aromatic heterocycles. The van der Waals surface area contributed by atoms with Crippen molar-refractivity contribution >= 4 is 22.7 Å². The maximum absolute atomic E-state index is 13.1. The van der Waals surface area contributed by atoms with E-state index in [1.807, 2.05) is 44.3 Å². The minimum absolute atomic E-state index is 0.0503. The molecule has 6 heteroatoms. The smallest absolute Gasteiger partial charge is 0.251 e. The lowest BCUT2D eigenvalue weighted by Crippen LogP contribution is -2.49. The Morgan fingerprint density at radius 2 is 1.74 bits per heavy atom. The van der Waals surface area contributed by atoms with E-state index in [-0.39, 0.29) is 11.9 Å². The summed E-state index contributed by atoms with van der Waals surface area (Å²) < 4.78 is 13.1. The molecule has 0 radical (unpaired) electrons. The van der Waals surface area contributed by atoms with Crippen molar-refractivity contribution in [1.29, 1.82) is 0 Å². The molecule has 3 aromatic rings. The lowest BCUT2D eigenvalue weighted by Gasteiger charge is -2.20. The van der Waals surface area contributed by atoms with Crippen molar-refractivity contribution < 1.29 is 14.0 Å². The Morgan fingerprint density at radius 1 is 1.04 bits per heavy atom. The van der Waals surface area contributed by atoms with Gasteiger partial charge in [0.2, 0.25) is 5.91 Å². The lowest BCUT2D eigenvalue weighted by molar-refractivity contribution is -0.123. The first-order valence-electron chi connectivity index (χ1n) is 8.86. The van der Waals surface area contributed by atoms with Gasteiger partial charge < -0.3 is 15.6 Å². The van der Waals surface area contributed by atoms with Gasteiger partial charge in [-0.05, 0) is 49.7 Å². The van der Waals surface area contributed by atoms with Gasteiger partial charge in [-0.1, -0.05) is 18.2 Å². The second-order valence-corrected chi connectivity index (χ2v) is 6.76. The third kappa shape index (κ3) is 4.53. The van der Waals surface area contributed by atoms with E-state index in [0.29, 0.717) is 12.0 Å². The summed E-state index contributed by atoms with van der Waals surface area (Å²) in [7, 11) is 0. The van der Waals surface area contributed by atoms with Crippen LogP contribution in [0.25, 0.3) is 10.9 Å². The minimum Gasteiger partial charge on any atom is -0.361 e. The summed E-state index contributed by atoms with van der Waals surface area (Å²) in [6.07, 6.45) is 2.19. The van der Waals surface area contributed by atoms with Crippen LogP contribution in [0.2, 0.25) is 0 Å². The van der Waals surface area contributed by atoms with Crippen molar-refractivity contribution in [2.24, 2.45) is 0 Å². The summed E-state index contributed by atoms with van der Waals surface area (Å²) in [5, 5.41) is 6.63. The SMILES string of the molecule is CC(C)NC(=O)[C@@H](Cc1c[nH]c2ccccc12)NC(=O)c1ccc(F)cc1. The van der Waals surface area contributed by atoms with Gasteiger partial charge in [0.1, 0.15) is 11.9 Å². The van der Waals surface area contributed by atoms with Gasteiger partial charge in [-0.15, -0.1) is 0 Å². The molecule has 0 saturated carbocycles. The second-order valence-electron chi connectivity index (χ2n) is 6.76. The van der Waals surface area contributed by atoms with Gasteiger partial charge in [0.05, 0.1) is 0 Å². The predicted octanol–water partition coefficient (Wildman–Crippen LogP) is 3.17. The number of halogens is 1. The number of amides is 2. The van der Waals surface area contributed by atoms with E-state index >= 15 is 0 Å². The van der Waals surface area contributed by atoms with Crippen LogP contribution in [0.3, 0.4) is 0 Å². The molecule has 0 aliphatic rings. The van der Waals surface area contributed by atoms with Crippen LogP contribution in [0.15, 0.2) is 54.7 Å². The Bertz CT molecular complexity index is 947. The van der Waals surface area contributed by atoms with Crippen LogP contribution >= 0.6 is 0 Å². The highest BCUT2D eigenvalue weighted by atomic mass is 19.1. The number of aromatic nitrogens is 1. The first kappa shape index (κ1) is 18.6. The van der Waals surface area contributed by atoms with E-state index in [0.717, 1.165) is 16.5 Å². The number of H-pyrrole nitrogens is 1. The molecule has 0 unspecified atom stereocenters. The summed E-state index contributed by atoms with van der Waals surface area (Å²) in [4.78, 5) is 28.3. The summed E-state index contributed by atoms with van der Waals surface area (Å²) in [6, 6.07) is 12.2. The highest BCUT2D eigenvalue weighted by Gasteiger charge is 2.23. The highest BCUT2D eigenvalue weighted by Crippen LogP contribution is 2.19. The van der Waals surface area contributed by atoms with Gasteiger partial charge >= 0.3 is 0 Å². The van der Waals surface area contributed by atoms with Crippen LogP contribution in [0.5, 0.6) is 0 Å². The number of carbonyl (C=O) groups excluding carboxylic acids is 2. The van der Waals surface area contributed by atoms with Gasteiger partial charge in [-0.2, -0.15) is 0 Å². The van der Waals surface area contributed by atoms with Gasteiger partial charge in [0.25, 0.3) is 5.91 Å². The van der Waals surface area contributed by atoms with Gasteiger partial charge in [-0.3, -0.25) is 9.59 Å². The van der Waals surface area contributed by atoms with Crippen LogP contribution in [0.4, 0.5) is 4.39 Å². The van der Waals surface area contributed by atoms with Crippen LogP contribution in [-0.4, -0.2) is 28.9 Å². The fourth-order valence-corrected chi connectivity index (χ4v) is 2.96. The average Bonchev–Trinajstić information content (AvgIpc) is 3.04. The Labute approximate surface area is 157 Å². The highest BCUT2D eigenvalue weighted by molar-refractivity contribution is 5.98. The number of para-hydroxylation sites is 1. The number of carbonyl (C=O) groups is 2.